The van der Waals surface area contributed by atoms with E-state index >= 15 is 0 Å². The Hall–Kier alpha value is -1.88. The number of nitrogens with zero attached hydrogens (tertiary/aromatic N) is 2. The van der Waals surface area contributed by atoms with E-state index in [1.165, 1.54) is 0 Å². The first-order valence-corrected chi connectivity index (χ1v) is 7.17. The van der Waals surface area contributed by atoms with Crippen molar-refractivity contribution in [2.24, 2.45) is 0 Å². The first-order chi connectivity index (χ1) is 9.80. The van der Waals surface area contributed by atoms with Gasteiger partial charge in [-0.2, -0.15) is 0 Å². The number of imidazole rings is 1. The van der Waals surface area contributed by atoms with Crippen LogP contribution in [-0.2, 0) is 11.0 Å². The summed E-state index contributed by atoms with van der Waals surface area (Å²) in [6.07, 6.45) is 1.80. The number of rotatable bonds is 3. The van der Waals surface area contributed by atoms with Crippen LogP contribution in [0.4, 0.5) is 0 Å². The molecule has 0 amide bonds. The van der Waals surface area contributed by atoms with Crippen molar-refractivity contribution in [1.82, 2.24) is 9.55 Å². The van der Waals surface area contributed by atoms with Gasteiger partial charge in [0.05, 0.1) is 23.2 Å². The molecule has 5 nitrogen and oxygen atoms in total. The Bertz CT molecular complexity index is 721. The lowest BCUT2D eigenvalue weighted by atomic mass is 9.95. The fourth-order valence-electron chi connectivity index (χ4n) is 2.85. The van der Waals surface area contributed by atoms with Gasteiger partial charge < -0.3 is 14.8 Å². The van der Waals surface area contributed by atoms with Crippen molar-refractivity contribution in [3.8, 4) is 0 Å². The van der Waals surface area contributed by atoms with E-state index in [1.54, 1.807) is 12.1 Å². The van der Waals surface area contributed by atoms with Gasteiger partial charge in [-0.3, -0.25) is 0 Å². The standard InChI is InChI=1S/C16H20N2O3/c1-15(2,3)14-17-12-10(13(20)21)5-4-6-11(12)18(14)16(9-19)7-8-16/h4-6,19H,7-9H2,1-3H3,(H,20,21). The maximum atomic E-state index is 11.4. The molecule has 5 heteroatoms. The molecule has 21 heavy (non-hydrogen) atoms. The van der Waals surface area contributed by atoms with Gasteiger partial charge in [0.25, 0.3) is 0 Å². The van der Waals surface area contributed by atoms with Gasteiger partial charge in [-0.05, 0) is 25.0 Å². The fourth-order valence-corrected chi connectivity index (χ4v) is 2.85. The summed E-state index contributed by atoms with van der Waals surface area (Å²) in [5.41, 5.74) is 0.986. The van der Waals surface area contributed by atoms with E-state index in [2.05, 4.69) is 30.3 Å². The SMILES string of the molecule is CC(C)(C)c1nc2c(C(=O)O)cccc2n1C1(CO)CC1. The van der Waals surface area contributed by atoms with E-state index in [-0.39, 0.29) is 23.1 Å². The van der Waals surface area contributed by atoms with Crippen LogP contribution in [0.5, 0.6) is 0 Å². The number of hydrogen-bond acceptors (Lipinski definition) is 3. The number of hydrogen-bond donors (Lipinski definition) is 2. The number of carboxylic acids is 1. The predicted molar refractivity (Wildman–Crippen MR) is 79.7 cm³/mol. The number of carbonyl (C=O) groups is 1. The minimum atomic E-state index is -0.973. The molecule has 0 atom stereocenters. The highest BCUT2D eigenvalue weighted by Crippen LogP contribution is 2.47. The molecule has 2 aromatic rings. The van der Waals surface area contributed by atoms with Crippen LogP contribution in [0.15, 0.2) is 18.2 Å². The second-order valence-electron chi connectivity index (χ2n) is 6.88. The van der Waals surface area contributed by atoms with Gasteiger partial charge in [-0.15, -0.1) is 0 Å². The van der Waals surface area contributed by atoms with Crippen molar-refractivity contribution in [1.29, 1.82) is 0 Å². The summed E-state index contributed by atoms with van der Waals surface area (Å²) in [7, 11) is 0. The van der Waals surface area contributed by atoms with Gasteiger partial charge in [0.1, 0.15) is 11.3 Å². The van der Waals surface area contributed by atoms with E-state index in [4.69, 9.17) is 0 Å². The van der Waals surface area contributed by atoms with Crippen molar-refractivity contribution < 1.29 is 15.0 Å². The van der Waals surface area contributed by atoms with Crippen LogP contribution < -0.4 is 0 Å². The third kappa shape index (κ3) is 2.03. The summed E-state index contributed by atoms with van der Waals surface area (Å²) in [5, 5.41) is 19.2. The van der Waals surface area contributed by atoms with Crippen LogP contribution in [0.25, 0.3) is 11.0 Å². The minimum Gasteiger partial charge on any atom is -0.478 e. The number of fused-ring (bicyclic) bond motifs is 1. The third-order valence-corrected chi connectivity index (χ3v) is 4.18. The number of para-hydroxylation sites is 1. The lowest BCUT2D eigenvalue weighted by Gasteiger charge is -2.25. The number of aliphatic hydroxyl groups excluding tert-OH is 1. The number of carboxylic acid groups (broad SMARTS) is 1. The van der Waals surface area contributed by atoms with Crippen molar-refractivity contribution in [3.63, 3.8) is 0 Å². The molecule has 1 aromatic heterocycles. The third-order valence-electron chi connectivity index (χ3n) is 4.18. The molecule has 112 valence electrons. The van der Waals surface area contributed by atoms with E-state index in [0.717, 1.165) is 24.2 Å². The zero-order valence-electron chi connectivity index (χ0n) is 12.6. The Morgan fingerprint density at radius 2 is 2.05 bits per heavy atom. The second-order valence-corrected chi connectivity index (χ2v) is 6.88. The van der Waals surface area contributed by atoms with Crippen molar-refractivity contribution >= 4 is 17.0 Å². The Kier molecular flexibility index (Phi) is 2.89. The maximum Gasteiger partial charge on any atom is 0.337 e. The van der Waals surface area contributed by atoms with Crippen LogP contribution in [-0.4, -0.2) is 32.3 Å². The summed E-state index contributed by atoms with van der Waals surface area (Å²) < 4.78 is 2.06. The van der Waals surface area contributed by atoms with E-state index in [1.807, 2.05) is 6.07 Å². The molecule has 1 fully saturated rings. The molecule has 0 bridgehead atoms. The molecule has 1 aliphatic rings. The highest BCUT2D eigenvalue weighted by molar-refractivity contribution is 6.01. The number of aromatic nitrogens is 2. The first-order valence-electron chi connectivity index (χ1n) is 7.17. The molecule has 0 spiro atoms. The molecule has 0 radical (unpaired) electrons. The van der Waals surface area contributed by atoms with Gasteiger partial charge in [-0.1, -0.05) is 26.8 Å². The van der Waals surface area contributed by atoms with Crippen LogP contribution >= 0.6 is 0 Å². The molecule has 0 unspecified atom stereocenters. The molecule has 1 heterocycles. The van der Waals surface area contributed by atoms with Crippen molar-refractivity contribution in [2.45, 2.75) is 44.6 Å². The van der Waals surface area contributed by atoms with Crippen LogP contribution in [0.2, 0.25) is 0 Å². The molecule has 0 aliphatic heterocycles. The van der Waals surface area contributed by atoms with Crippen LogP contribution in [0.1, 0.15) is 49.8 Å². The average Bonchev–Trinajstić information content (AvgIpc) is 3.09. The van der Waals surface area contributed by atoms with Crippen molar-refractivity contribution in [3.05, 3.63) is 29.6 Å². The fraction of sp³-hybridized carbons (Fsp3) is 0.500. The monoisotopic (exact) mass is 288 g/mol. The zero-order chi connectivity index (χ0) is 15.4. The quantitative estimate of drug-likeness (QED) is 0.910. The molecule has 1 aliphatic carbocycles. The largest absolute Gasteiger partial charge is 0.478 e. The summed E-state index contributed by atoms with van der Waals surface area (Å²) in [6.45, 7) is 6.22. The molecule has 1 saturated carbocycles. The second kappa shape index (κ2) is 4.31. The van der Waals surface area contributed by atoms with E-state index < -0.39 is 5.97 Å². The van der Waals surface area contributed by atoms with Gasteiger partial charge in [0.2, 0.25) is 0 Å². The lowest BCUT2D eigenvalue weighted by Crippen LogP contribution is -2.29. The van der Waals surface area contributed by atoms with Gasteiger partial charge in [0.15, 0.2) is 0 Å². The van der Waals surface area contributed by atoms with Gasteiger partial charge in [-0.25, -0.2) is 9.78 Å². The maximum absolute atomic E-state index is 11.4. The molecular formula is C16H20N2O3. The number of benzene rings is 1. The van der Waals surface area contributed by atoms with Crippen LogP contribution in [0, 0.1) is 0 Å². The number of aromatic carboxylic acids is 1. The van der Waals surface area contributed by atoms with Gasteiger partial charge >= 0.3 is 5.97 Å². The molecule has 0 saturated heterocycles. The Morgan fingerprint density at radius 3 is 2.52 bits per heavy atom. The summed E-state index contributed by atoms with van der Waals surface area (Å²) >= 11 is 0. The molecular weight excluding hydrogens is 268 g/mol. The molecule has 3 rings (SSSR count). The Morgan fingerprint density at radius 1 is 1.38 bits per heavy atom. The average molecular weight is 288 g/mol. The zero-order valence-corrected chi connectivity index (χ0v) is 12.6. The van der Waals surface area contributed by atoms with Gasteiger partial charge in [0, 0.05) is 5.41 Å². The smallest absolute Gasteiger partial charge is 0.337 e. The number of aliphatic hydroxyl groups is 1. The topological polar surface area (TPSA) is 75.3 Å². The van der Waals surface area contributed by atoms with Crippen LogP contribution in [0.3, 0.4) is 0 Å². The molecule has 2 N–H and O–H groups in total. The normalized spacial score (nSPS) is 17.1. The summed E-state index contributed by atoms with van der Waals surface area (Å²) in [4.78, 5) is 16.1. The highest BCUT2D eigenvalue weighted by atomic mass is 16.4. The van der Waals surface area contributed by atoms with E-state index in [9.17, 15) is 15.0 Å². The minimum absolute atomic E-state index is 0.0544. The Balaban J connectivity index is 2.38. The first kappa shape index (κ1) is 14.1. The summed E-state index contributed by atoms with van der Waals surface area (Å²) in [6, 6.07) is 5.20. The molecule has 1 aromatic carbocycles. The highest BCUT2D eigenvalue weighted by Gasteiger charge is 2.47. The lowest BCUT2D eigenvalue weighted by molar-refractivity contribution is 0.0699. The Labute approximate surface area is 123 Å². The predicted octanol–water partition coefficient (Wildman–Crippen LogP) is 2.51. The van der Waals surface area contributed by atoms with Crippen molar-refractivity contribution in [2.75, 3.05) is 6.61 Å². The summed E-state index contributed by atoms with van der Waals surface area (Å²) in [5.74, 6) is -0.141. The van der Waals surface area contributed by atoms with E-state index in [0.29, 0.717) is 5.52 Å².